The summed E-state index contributed by atoms with van der Waals surface area (Å²) in [5.41, 5.74) is 2.69. The number of fused-ring (bicyclic) bond motifs is 1. The largest absolute Gasteiger partial charge is 0.451 e. The van der Waals surface area contributed by atoms with Crippen molar-refractivity contribution < 1.29 is 17.6 Å². The molecule has 1 atom stereocenters. The highest BCUT2D eigenvalue weighted by Crippen LogP contribution is 2.25. The number of aryl methyl sites for hydroxylation is 2. The van der Waals surface area contributed by atoms with Crippen LogP contribution in [0.5, 0.6) is 0 Å². The van der Waals surface area contributed by atoms with Gasteiger partial charge in [-0.15, -0.1) is 0 Å². The first-order chi connectivity index (χ1) is 14.6. The van der Waals surface area contributed by atoms with Crippen LogP contribution >= 0.6 is 11.6 Å². The predicted molar refractivity (Wildman–Crippen MR) is 120 cm³/mol. The normalized spacial score (nSPS) is 17.7. The molecule has 162 valence electrons. The van der Waals surface area contributed by atoms with Crippen molar-refractivity contribution in [1.82, 2.24) is 4.90 Å². The lowest BCUT2D eigenvalue weighted by Gasteiger charge is -2.28. The Balaban J connectivity index is 1.76. The van der Waals surface area contributed by atoms with Crippen molar-refractivity contribution in [1.29, 1.82) is 0 Å². The summed E-state index contributed by atoms with van der Waals surface area (Å²) in [6.07, 6.45) is 0.338. The molecule has 0 N–H and O–H groups in total. The van der Waals surface area contributed by atoms with Crippen LogP contribution in [0.2, 0.25) is 5.02 Å². The number of nitrogens with zero attached hydrogens (tertiary/aromatic N) is 1. The molecule has 0 aliphatic carbocycles. The van der Waals surface area contributed by atoms with Gasteiger partial charge < -0.3 is 9.32 Å². The highest BCUT2D eigenvalue weighted by Gasteiger charge is 2.36. The summed E-state index contributed by atoms with van der Waals surface area (Å²) in [5, 5.41) is 0.927. The minimum absolute atomic E-state index is 0.0249. The number of sulfone groups is 1. The monoisotopic (exact) mass is 459 g/mol. The van der Waals surface area contributed by atoms with Gasteiger partial charge in [0.15, 0.2) is 21.0 Å². The van der Waals surface area contributed by atoms with E-state index in [0.29, 0.717) is 22.4 Å². The maximum absolute atomic E-state index is 13.4. The second kappa shape index (κ2) is 8.13. The van der Waals surface area contributed by atoms with E-state index in [-0.39, 0.29) is 29.2 Å². The standard InChI is InChI=1S/C23H22ClNO5S/c1-14-8-19-20(26)11-22(30-21(19)9-15(14)2)23(27)25(18-6-7-31(28,29)13-18)12-16-4-3-5-17(24)10-16/h3-5,8-11,18H,6-7,12-13H2,1-2H3/t18-/m0/s1. The van der Waals surface area contributed by atoms with Gasteiger partial charge in [0.1, 0.15) is 5.58 Å². The van der Waals surface area contributed by atoms with Gasteiger partial charge in [0.05, 0.1) is 16.9 Å². The highest BCUT2D eigenvalue weighted by molar-refractivity contribution is 7.91. The number of rotatable bonds is 4. The molecule has 1 saturated heterocycles. The molecule has 0 radical (unpaired) electrons. The Morgan fingerprint density at radius 2 is 1.90 bits per heavy atom. The van der Waals surface area contributed by atoms with Gasteiger partial charge in [0.2, 0.25) is 0 Å². The summed E-state index contributed by atoms with van der Waals surface area (Å²) in [7, 11) is -3.22. The third-order valence-electron chi connectivity index (χ3n) is 5.71. The van der Waals surface area contributed by atoms with E-state index in [1.54, 1.807) is 30.3 Å². The van der Waals surface area contributed by atoms with E-state index in [1.807, 2.05) is 19.9 Å². The Morgan fingerprint density at radius 1 is 1.16 bits per heavy atom. The van der Waals surface area contributed by atoms with Crippen LogP contribution in [-0.2, 0) is 16.4 Å². The van der Waals surface area contributed by atoms with E-state index in [4.69, 9.17) is 16.0 Å². The number of carbonyl (C=O) groups is 1. The smallest absolute Gasteiger partial charge is 0.290 e. The van der Waals surface area contributed by atoms with Crippen LogP contribution in [0.15, 0.2) is 51.7 Å². The van der Waals surface area contributed by atoms with Crippen LogP contribution in [0.3, 0.4) is 0 Å². The molecular weight excluding hydrogens is 438 g/mol. The molecule has 6 nitrogen and oxygen atoms in total. The maximum Gasteiger partial charge on any atom is 0.290 e. The van der Waals surface area contributed by atoms with Crippen molar-refractivity contribution in [2.75, 3.05) is 11.5 Å². The summed E-state index contributed by atoms with van der Waals surface area (Å²) in [6, 6.07) is 11.2. The van der Waals surface area contributed by atoms with Crippen molar-refractivity contribution in [3.63, 3.8) is 0 Å². The molecule has 4 rings (SSSR count). The second-order valence-corrected chi connectivity index (χ2v) is 10.7. The Hall–Kier alpha value is -2.64. The lowest BCUT2D eigenvalue weighted by atomic mass is 10.1. The molecule has 0 spiro atoms. The zero-order valence-electron chi connectivity index (χ0n) is 17.2. The van der Waals surface area contributed by atoms with Gasteiger partial charge >= 0.3 is 0 Å². The van der Waals surface area contributed by atoms with Crippen molar-refractivity contribution in [2.45, 2.75) is 32.9 Å². The van der Waals surface area contributed by atoms with Gasteiger partial charge in [-0.3, -0.25) is 9.59 Å². The molecule has 0 unspecified atom stereocenters. The van der Waals surface area contributed by atoms with Crippen LogP contribution in [0, 0.1) is 13.8 Å². The highest BCUT2D eigenvalue weighted by atomic mass is 35.5. The molecule has 1 fully saturated rings. The van der Waals surface area contributed by atoms with Crippen molar-refractivity contribution in [3.05, 3.63) is 80.2 Å². The summed E-state index contributed by atoms with van der Waals surface area (Å²) < 4.78 is 30.0. The number of amides is 1. The molecule has 0 saturated carbocycles. The first-order valence-electron chi connectivity index (χ1n) is 9.94. The van der Waals surface area contributed by atoms with Crippen molar-refractivity contribution in [2.24, 2.45) is 0 Å². The van der Waals surface area contributed by atoms with E-state index < -0.39 is 21.8 Å². The topological polar surface area (TPSA) is 84.7 Å². The fourth-order valence-corrected chi connectivity index (χ4v) is 5.82. The van der Waals surface area contributed by atoms with Crippen LogP contribution in [0.1, 0.15) is 33.7 Å². The minimum Gasteiger partial charge on any atom is -0.451 e. The molecule has 31 heavy (non-hydrogen) atoms. The Labute approximate surface area is 185 Å². The molecule has 2 aromatic carbocycles. The first-order valence-corrected chi connectivity index (χ1v) is 12.1. The zero-order chi connectivity index (χ0) is 22.3. The average Bonchev–Trinajstić information content (AvgIpc) is 3.06. The Morgan fingerprint density at radius 3 is 2.58 bits per heavy atom. The molecule has 1 aliphatic rings. The van der Waals surface area contributed by atoms with E-state index >= 15 is 0 Å². The lowest BCUT2D eigenvalue weighted by molar-refractivity contribution is 0.0648. The van der Waals surface area contributed by atoms with Crippen molar-refractivity contribution >= 4 is 38.3 Å². The zero-order valence-corrected chi connectivity index (χ0v) is 18.8. The van der Waals surface area contributed by atoms with Gasteiger partial charge in [-0.25, -0.2) is 8.42 Å². The average molecular weight is 460 g/mol. The summed E-state index contributed by atoms with van der Waals surface area (Å²) >= 11 is 6.08. The number of benzene rings is 2. The van der Waals surface area contributed by atoms with Crippen LogP contribution in [0.25, 0.3) is 11.0 Å². The summed E-state index contributed by atoms with van der Waals surface area (Å²) in [5.74, 6) is -0.710. The Bertz CT molecular complexity index is 1350. The molecule has 0 bridgehead atoms. The molecule has 2 heterocycles. The number of hydrogen-bond donors (Lipinski definition) is 0. The van der Waals surface area contributed by atoms with Gasteiger partial charge in [0.25, 0.3) is 5.91 Å². The molecule has 3 aromatic rings. The fraction of sp³-hybridized carbons (Fsp3) is 0.304. The molecule has 8 heteroatoms. The summed E-state index contributed by atoms with van der Waals surface area (Å²) in [6.45, 7) is 3.97. The van der Waals surface area contributed by atoms with Crippen LogP contribution < -0.4 is 5.43 Å². The third-order valence-corrected chi connectivity index (χ3v) is 7.69. The maximum atomic E-state index is 13.4. The van der Waals surface area contributed by atoms with Gasteiger partial charge in [-0.1, -0.05) is 23.7 Å². The fourth-order valence-electron chi connectivity index (χ4n) is 3.88. The third kappa shape index (κ3) is 4.52. The molecule has 1 aliphatic heterocycles. The SMILES string of the molecule is Cc1cc2oc(C(=O)N(Cc3cccc(Cl)c3)[C@H]3CCS(=O)(=O)C3)cc(=O)c2cc1C. The number of hydrogen-bond acceptors (Lipinski definition) is 5. The van der Waals surface area contributed by atoms with Gasteiger partial charge in [-0.05, 0) is 61.2 Å². The molecule has 1 aromatic heterocycles. The number of carbonyl (C=O) groups excluding carboxylic acids is 1. The van der Waals surface area contributed by atoms with Crippen molar-refractivity contribution in [3.8, 4) is 0 Å². The first kappa shape index (κ1) is 21.6. The van der Waals surface area contributed by atoms with E-state index in [1.165, 1.54) is 11.0 Å². The quantitative estimate of drug-likeness (QED) is 0.590. The van der Waals surface area contributed by atoms with Gasteiger partial charge in [0, 0.05) is 23.7 Å². The number of halogens is 1. The van der Waals surface area contributed by atoms with Crippen LogP contribution in [0.4, 0.5) is 0 Å². The van der Waals surface area contributed by atoms with Gasteiger partial charge in [-0.2, -0.15) is 0 Å². The van der Waals surface area contributed by atoms with E-state index in [2.05, 4.69) is 0 Å². The lowest BCUT2D eigenvalue weighted by Crippen LogP contribution is -2.40. The van der Waals surface area contributed by atoms with E-state index in [9.17, 15) is 18.0 Å². The predicted octanol–water partition coefficient (Wildman–Crippen LogP) is 3.89. The minimum atomic E-state index is -3.22. The second-order valence-electron chi connectivity index (χ2n) is 8.03. The molecular formula is C23H22ClNO5S. The van der Waals surface area contributed by atoms with E-state index in [0.717, 1.165) is 16.7 Å². The molecule has 1 amide bonds. The summed E-state index contributed by atoms with van der Waals surface area (Å²) in [4.78, 5) is 27.6. The Kier molecular flexibility index (Phi) is 5.66. The van der Waals surface area contributed by atoms with Crippen LogP contribution in [-0.4, -0.2) is 36.8 Å².